The normalized spacial score (nSPS) is 30.6. The first kappa shape index (κ1) is 29.5. The minimum Gasteiger partial charge on any atom is -0.504 e. The number of imide groups is 2. The van der Waals surface area contributed by atoms with Gasteiger partial charge in [-0.15, -0.1) is 23.2 Å². The van der Waals surface area contributed by atoms with E-state index in [1.165, 1.54) is 23.1 Å². The van der Waals surface area contributed by atoms with Crippen molar-refractivity contribution in [2.75, 3.05) is 16.4 Å². The molecule has 0 unspecified atom stereocenters. The average Bonchev–Trinajstić information content (AvgIpc) is 3.37. The number of benzene rings is 3. The van der Waals surface area contributed by atoms with Crippen molar-refractivity contribution in [2.45, 2.75) is 35.4 Å². The molecule has 0 bridgehead atoms. The molecule has 4 amide bonds. The first-order chi connectivity index (χ1) is 21.5. The Morgan fingerprint density at radius 1 is 0.889 bits per heavy atom. The van der Waals surface area contributed by atoms with E-state index in [2.05, 4.69) is 0 Å². The standard InChI is InChI=1S/C34H27Cl2FN2O6/c1-2-45-26-16-18(8-15-25(26)40)28-22-13-14-23-27(30(42)38(29(23)41)20-6-4-3-5-7-20)24(22)17-33(35)31(43)39(32(44)34(28,33)36)21-11-9-19(37)10-12-21/h3-13,15-16,23-24,27-28,40H,2,14,17H2,1H3/t23-,24+,27-,28-,33+,34-/m0/s1. The van der Waals surface area contributed by atoms with Crippen molar-refractivity contribution < 1.29 is 33.4 Å². The van der Waals surface area contributed by atoms with Crippen LogP contribution in [0.3, 0.4) is 0 Å². The van der Waals surface area contributed by atoms with Crippen LogP contribution in [-0.2, 0) is 19.2 Å². The second-order valence-corrected chi connectivity index (χ2v) is 13.0. The summed E-state index contributed by atoms with van der Waals surface area (Å²) in [5.74, 6) is -6.25. The molecule has 1 saturated carbocycles. The molecular weight excluding hydrogens is 622 g/mol. The lowest BCUT2D eigenvalue weighted by molar-refractivity contribution is -0.125. The molecule has 2 aliphatic heterocycles. The number of para-hydroxylation sites is 1. The number of phenols is 1. The number of carbonyl (C=O) groups excluding carboxylic acids is 4. The Kier molecular flexibility index (Phi) is 6.83. The summed E-state index contributed by atoms with van der Waals surface area (Å²) < 4.78 is 19.5. The van der Waals surface area contributed by atoms with Crippen molar-refractivity contribution in [3.05, 3.63) is 95.8 Å². The van der Waals surface area contributed by atoms with Crippen molar-refractivity contribution in [2.24, 2.45) is 17.8 Å². The highest BCUT2D eigenvalue weighted by Gasteiger charge is 2.76. The zero-order chi connectivity index (χ0) is 31.8. The largest absolute Gasteiger partial charge is 0.504 e. The lowest BCUT2D eigenvalue weighted by atomic mass is 9.56. The number of allylic oxidation sites excluding steroid dienone is 2. The van der Waals surface area contributed by atoms with Gasteiger partial charge in [-0.1, -0.05) is 35.9 Å². The van der Waals surface area contributed by atoms with Gasteiger partial charge in [0.25, 0.3) is 11.8 Å². The van der Waals surface area contributed by atoms with E-state index in [0.29, 0.717) is 16.8 Å². The molecule has 0 spiro atoms. The van der Waals surface area contributed by atoms with Crippen LogP contribution >= 0.6 is 23.2 Å². The fourth-order valence-electron chi connectivity index (χ4n) is 7.59. The summed E-state index contributed by atoms with van der Waals surface area (Å²) in [7, 11) is 0. The number of hydrogen-bond acceptors (Lipinski definition) is 6. The number of ether oxygens (including phenoxy) is 1. The molecule has 2 heterocycles. The molecule has 7 rings (SSSR count). The van der Waals surface area contributed by atoms with Gasteiger partial charge < -0.3 is 9.84 Å². The molecule has 1 N–H and O–H groups in total. The lowest BCUT2D eigenvalue weighted by Gasteiger charge is -2.50. The summed E-state index contributed by atoms with van der Waals surface area (Å²) >= 11 is 14.8. The van der Waals surface area contributed by atoms with Gasteiger partial charge in [0.2, 0.25) is 11.8 Å². The molecule has 3 fully saturated rings. The highest BCUT2D eigenvalue weighted by molar-refractivity contribution is 6.58. The van der Waals surface area contributed by atoms with Crippen LogP contribution in [0.2, 0.25) is 0 Å². The number of anilines is 2. The Bertz CT molecular complexity index is 1800. The number of rotatable bonds is 5. The molecule has 45 heavy (non-hydrogen) atoms. The van der Waals surface area contributed by atoms with E-state index in [9.17, 15) is 28.7 Å². The number of aromatic hydroxyl groups is 1. The number of hydrogen-bond donors (Lipinski definition) is 1. The van der Waals surface area contributed by atoms with E-state index < -0.39 is 57.0 Å². The third kappa shape index (κ3) is 4.03. The maximum absolute atomic E-state index is 14.4. The molecule has 0 aromatic heterocycles. The van der Waals surface area contributed by atoms with Crippen molar-refractivity contribution in [3.63, 3.8) is 0 Å². The second-order valence-electron chi connectivity index (χ2n) is 11.8. The molecule has 6 atom stereocenters. The van der Waals surface area contributed by atoms with Crippen molar-refractivity contribution in [3.8, 4) is 11.5 Å². The summed E-state index contributed by atoms with van der Waals surface area (Å²) in [5.41, 5.74) is 1.58. The number of nitrogens with zero attached hydrogens (tertiary/aromatic N) is 2. The van der Waals surface area contributed by atoms with Crippen molar-refractivity contribution in [1.82, 2.24) is 0 Å². The predicted molar refractivity (Wildman–Crippen MR) is 165 cm³/mol. The highest BCUT2D eigenvalue weighted by atomic mass is 35.5. The SMILES string of the molecule is CCOc1cc([C@H]2C3=CC[C@@H]4C(=O)N(c5ccccc5)C(=O)[C@@H]4[C@@H]3C[C@@]3(Cl)C(=O)N(c4ccc(F)cc4)C(=O)[C@@]23Cl)ccc1O. The lowest BCUT2D eigenvalue weighted by Crippen LogP contribution is -2.60. The molecule has 8 nitrogen and oxygen atoms in total. The van der Waals surface area contributed by atoms with Gasteiger partial charge in [0, 0.05) is 5.92 Å². The van der Waals surface area contributed by atoms with E-state index in [0.717, 1.165) is 17.0 Å². The fourth-order valence-corrected chi connectivity index (χ4v) is 8.52. The average molecular weight is 650 g/mol. The first-order valence-corrected chi connectivity index (χ1v) is 15.4. The Morgan fingerprint density at radius 3 is 2.27 bits per heavy atom. The molecule has 3 aromatic rings. The smallest absolute Gasteiger partial charge is 0.258 e. The summed E-state index contributed by atoms with van der Waals surface area (Å²) in [6, 6.07) is 18.0. The number of fused-ring (bicyclic) bond motifs is 4. The number of phenolic OH excluding ortho intramolecular Hbond substituents is 1. The van der Waals surface area contributed by atoms with Crippen LogP contribution in [0.15, 0.2) is 84.4 Å². The second kappa shape index (κ2) is 10.4. The predicted octanol–water partition coefficient (Wildman–Crippen LogP) is 5.70. The maximum Gasteiger partial charge on any atom is 0.258 e. The molecule has 230 valence electrons. The Hall–Kier alpha value is -4.21. The van der Waals surface area contributed by atoms with Gasteiger partial charge in [-0.05, 0) is 79.8 Å². The minimum atomic E-state index is -2.08. The third-order valence-corrected chi connectivity index (χ3v) is 10.9. The van der Waals surface area contributed by atoms with Gasteiger partial charge in [0.1, 0.15) is 5.82 Å². The van der Waals surface area contributed by atoms with Crippen LogP contribution in [0.25, 0.3) is 0 Å². The number of halogens is 3. The first-order valence-electron chi connectivity index (χ1n) is 14.6. The maximum atomic E-state index is 14.4. The summed E-state index contributed by atoms with van der Waals surface area (Å²) in [6.07, 6.45) is 1.85. The van der Waals surface area contributed by atoms with Gasteiger partial charge in [-0.2, -0.15) is 0 Å². The van der Waals surface area contributed by atoms with Crippen LogP contribution in [-0.4, -0.2) is 45.1 Å². The fraction of sp³-hybridized carbons (Fsp3) is 0.294. The number of carbonyl (C=O) groups is 4. The van der Waals surface area contributed by atoms with Crippen molar-refractivity contribution in [1.29, 1.82) is 0 Å². The van der Waals surface area contributed by atoms with Gasteiger partial charge in [-0.25, -0.2) is 9.29 Å². The Morgan fingerprint density at radius 2 is 1.58 bits per heavy atom. The summed E-state index contributed by atoms with van der Waals surface area (Å²) in [6.45, 7) is 1.99. The van der Waals surface area contributed by atoms with Gasteiger partial charge in [0.15, 0.2) is 21.2 Å². The molecule has 2 aliphatic carbocycles. The van der Waals surface area contributed by atoms with Crippen LogP contribution in [0, 0.1) is 23.6 Å². The van der Waals surface area contributed by atoms with E-state index in [1.54, 1.807) is 49.4 Å². The van der Waals surface area contributed by atoms with Gasteiger partial charge in [0.05, 0.1) is 29.8 Å². The molecule has 3 aromatic carbocycles. The molecule has 11 heteroatoms. The molecule has 4 aliphatic rings. The quantitative estimate of drug-likeness (QED) is 0.216. The van der Waals surface area contributed by atoms with Crippen molar-refractivity contribution >= 4 is 58.2 Å². The van der Waals surface area contributed by atoms with E-state index >= 15 is 0 Å². The van der Waals surface area contributed by atoms with E-state index in [1.807, 2.05) is 6.08 Å². The van der Waals surface area contributed by atoms with Crippen LogP contribution in [0.1, 0.15) is 31.2 Å². The monoisotopic (exact) mass is 648 g/mol. The zero-order valence-electron chi connectivity index (χ0n) is 24.0. The van der Waals surface area contributed by atoms with Crippen LogP contribution in [0.5, 0.6) is 11.5 Å². The summed E-state index contributed by atoms with van der Waals surface area (Å²) in [5, 5.41) is 10.5. The van der Waals surface area contributed by atoms with Gasteiger partial charge in [-0.3, -0.25) is 24.1 Å². The number of alkyl halides is 2. The molecule has 0 radical (unpaired) electrons. The molecular formula is C34H27Cl2FN2O6. The number of amides is 4. The topological polar surface area (TPSA) is 104 Å². The van der Waals surface area contributed by atoms with Gasteiger partial charge >= 0.3 is 0 Å². The Balaban J connectivity index is 1.41. The molecule has 2 saturated heterocycles. The summed E-state index contributed by atoms with van der Waals surface area (Å²) in [4.78, 5) is 54.5. The third-order valence-electron chi connectivity index (χ3n) is 9.53. The highest BCUT2D eigenvalue weighted by Crippen LogP contribution is 2.66. The zero-order valence-corrected chi connectivity index (χ0v) is 25.5. The van der Waals surface area contributed by atoms with E-state index in [4.69, 9.17) is 27.9 Å². The minimum absolute atomic E-state index is 0.0949. The van der Waals surface area contributed by atoms with E-state index in [-0.39, 0.29) is 42.5 Å². The Labute approximate surface area is 268 Å². The van der Waals surface area contributed by atoms with Crippen LogP contribution in [0.4, 0.5) is 15.8 Å². The van der Waals surface area contributed by atoms with Crippen LogP contribution < -0.4 is 14.5 Å².